The monoisotopic (exact) mass is 409 g/mol. The molecule has 0 unspecified atom stereocenters. The lowest BCUT2D eigenvalue weighted by Gasteiger charge is -2.08. The minimum absolute atomic E-state index is 0.250. The number of carbonyl (C=O) groups excluding carboxylic acids is 2. The lowest BCUT2D eigenvalue weighted by molar-refractivity contribution is -0.127. The molecule has 0 atom stereocenters. The molecule has 7 nitrogen and oxygen atoms in total. The van der Waals surface area contributed by atoms with Crippen LogP contribution in [-0.4, -0.2) is 38.3 Å². The van der Waals surface area contributed by atoms with Gasteiger partial charge in [-0.3, -0.25) is 9.59 Å². The van der Waals surface area contributed by atoms with E-state index < -0.39 is 11.8 Å². The van der Waals surface area contributed by atoms with Gasteiger partial charge < -0.3 is 14.8 Å². The van der Waals surface area contributed by atoms with Crippen molar-refractivity contribution in [2.75, 3.05) is 20.3 Å². The van der Waals surface area contributed by atoms with E-state index in [1.54, 1.807) is 31.4 Å². The molecule has 9 heteroatoms. The molecular formula is C18H17Cl2N3O4. The van der Waals surface area contributed by atoms with Gasteiger partial charge in [-0.05, 0) is 30.3 Å². The van der Waals surface area contributed by atoms with Crippen molar-refractivity contribution in [1.82, 2.24) is 10.7 Å². The predicted molar refractivity (Wildman–Crippen MR) is 104 cm³/mol. The van der Waals surface area contributed by atoms with E-state index in [-0.39, 0.29) is 13.2 Å². The molecule has 0 radical (unpaired) electrons. The number of nitrogens with zero attached hydrogens (tertiary/aromatic N) is 1. The average molecular weight is 410 g/mol. The van der Waals surface area contributed by atoms with Crippen LogP contribution >= 0.6 is 23.2 Å². The summed E-state index contributed by atoms with van der Waals surface area (Å²) in [6.07, 6.45) is 1.45. The number of ether oxygens (including phenoxy) is 2. The Balaban J connectivity index is 1.73. The Kier molecular flexibility index (Phi) is 7.91. The maximum atomic E-state index is 11.7. The molecule has 0 saturated carbocycles. The highest BCUT2D eigenvalue weighted by Crippen LogP contribution is 2.27. The Morgan fingerprint density at radius 3 is 2.63 bits per heavy atom. The first-order chi connectivity index (χ1) is 13.0. The van der Waals surface area contributed by atoms with Gasteiger partial charge in [0.2, 0.25) is 0 Å². The molecule has 0 aromatic heterocycles. The van der Waals surface area contributed by atoms with Crippen molar-refractivity contribution < 1.29 is 19.1 Å². The molecule has 0 fully saturated rings. The van der Waals surface area contributed by atoms with E-state index in [1.807, 2.05) is 12.1 Å². The zero-order valence-corrected chi connectivity index (χ0v) is 15.9. The SMILES string of the molecule is COc1ccccc1/C=N/NC(=O)CNC(=O)COc1ccc(Cl)cc1Cl. The lowest BCUT2D eigenvalue weighted by atomic mass is 10.2. The summed E-state index contributed by atoms with van der Waals surface area (Å²) in [6, 6.07) is 11.9. The molecule has 0 spiro atoms. The molecular weight excluding hydrogens is 393 g/mol. The quantitative estimate of drug-likeness (QED) is 0.517. The van der Waals surface area contributed by atoms with Crippen molar-refractivity contribution in [2.45, 2.75) is 0 Å². The molecule has 142 valence electrons. The van der Waals surface area contributed by atoms with Gasteiger partial charge in [-0.1, -0.05) is 35.3 Å². The van der Waals surface area contributed by atoms with E-state index >= 15 is 0 Å². The summed E-state index contributed by atoms with van der Waals surface area (Å²) in [5, 5.41) is 6.99. The molecule has 27 heavy (non-hydrogen) atoms. The lowest BCUT2D eigenvalue weighted by Crippen LogP contribution is -2.37. The molecule has 0 bridgehead atoms. The van der Waals surface area contributed by atoms with E-state index in [0.29, 0.717) is 27.1 Å². The Hall–Kier alpha value is -2.77. The van der Waals surface area contributed by atoms with Crippen LogP contribution in [0.5, 0.6) is 11.5 Å². The third-order valence-electron chi connectivity index (χ3n) is 3.23. The largest absolute Gasteiger partial charge is 0.496 e. The van der Waals surface area contributed by atoms with Crippen molar-refractivity contribution in [3.05, 3.63) is 58.1 Å². The van der Waals surface area contributed by atoms with E-state index in [9.17, 15) is 9.59 Å². The second kappa shape index (κ2) is 10.4. The van der Waals surface area contributed by atoms with Crippen LogP contribution in [0.3, 0.4) is 0 Å². The van der Waals surface area contributed by atoms with Crippen LogP contribution in [0.1, 0.15) is 5.56 Å². The number of nitrogens with one attached hydrogen (secondary N) is 2. The second-order valence-corrected chi connectivity index (χ2v) is 6.02. The first-order valence-electron chi connectivity index (χ1n) is 7.79. The van der Waals surface area contributed by atoms with Gasteiger partial charge in [0.25, 0.3) is 11.8 Å². The van der Waals surface area contributed by atoms with Crippen molar-refractivity contribution >= 4 is 41.2 Å². The smallest absolute Gasteiger partial charge is 0.259 e. The third-order valence-corrected chi connectivity index (χ3v) is 3.76. The van der Waals surface area contributed by atoms with Gasteiger partial charge in [0.05, 0.1) is 24.9 Å². The number of methoxy groups -OCH3 is 1. The Morgan fingerprint density at radius 2 is 1.89 bits per heavy atom. The average Bonchev–Trinajstić information content (AvgIpc) is 2.66. The minimum Gasteiger partial charge on any atom is -0.496 e. The Labute approximate surface area is 166 Å². The van der Waals surface area contributed by atoms with Gasteiger partial charge in [-0.2, -0.15) is 5.10 Å². The second-order valence-electron chi connectivity index (χ2n) is 5.18. The molecule has 2 amide bonds. The zero-order valence-electron chi connectivity index (χ0n) is 14.4. The molecule has 2 rings (SSSR count). The van der Waals surface area contributed by atoms with Gasteiger partial charge in [0, 0.05) is 10.6 Å². The summed E-state index contributed by atoms with van der Waals surface area (Å²) in [4.78, 5) is 23.4. The number of hydrogen-bond donors (Lipinski definition) is 2. The number of hydrogen-bond acceptors (Lipinski definition) is 5. The van der Waals surface area contributed by atoms with E-state index in [0.717, 1.165) is 0 Å². The van der Waals surface area contributed by atoms with Crippen molar-refractivity contribution in [3.63, 3.8) is 0 Å². The van der Waals surface area contributed by atoms with Gasteiger partial charge in [0.15, 0.2) is 6.61 Å². The topological polar surface area (TPSA) is 89.0 Å². The van der Waals surface area contributed by atoms with Crippen molar-refractivity contribution in [2.24, 2.45) is 5.10 Å². The summed E-state index contributed by atoms with van der Waals surface area (Å²) in [6.45, 7) is -0.543. The molecule has 2 N–H and O–H groups in total. The molecule has 0 aliphatic carbocycles. The predicted octanol–water partition coefficient (Wildman–Crippen LogP) is 2.65. The van der Waals surface area contributed by atoms with Crippen LogP contribution < -0.4 is 20.2 Å². The van der Waals surface area contributed by atoms with Crippen LogP contribution in [0.4, 0.5) is 0 Å². The summed E-state index contributed by atoms with van der Waals surface area (Å²) in [5.41, 5.74) is 3.02. The number of halogens is 2. The highest BCUT2D eigenvalue weighted by Gasteiger charge is 2.08. The standard InChI is InChI=1S/C18H17Cl2N3O4/c1-26-15-5-3-2-4-12(15)9-22-23-17(24)10-21-18(25)11-27-16-7-6-13(19)8-14(16)20/h2-9H,10-11H2,1H3,(H,21,25)(H,23,24)/b22-9+. The van der Waals surface area contributed by atoms with Gasteiger partial charge in [-0.25, -0.2) is 5.43 Å². The normalized spacial score (nSPS) is 10.5. The number of hydrazone groups is 1. The van der Waals surface area contributed by atoms with Crippen molar-refractivity contribution in [1.29, 1.82) is 0 Å². The summed E-state index contributed by atoms with van der Waals surface area (Å²) < 4.78 is 10.4. The van der Waals surface area contributed by atoms with E-state index in [2.05, 4.69) is 15.8 Å². The molecule has 2 aromatic carbocycles. The maximum Gasteiger partial charge on any atom is 0.259 e. The molecule has 0 aliphatic heterocycles. The van der Waals surface area contributed by atoms with E-state index in [1.165, 1.54) is 12.3 Å². The molecule has 0 heterocycles. The highest BCUT2D eigenvalue weighted by molar-refractivity contribution is 6.35. The number of benzene rings is 2. The van der Waals surface area contributed by atoms with Crippen LogP contribution in [0, 0.1) is 0 Å². The van der Waals surface area contributed by atoms with Crippen molar-refractivity contribution in [3.8, 4) is 11.5 Å². The van der Waals surface area contributed by atoms with Gasteiger partial charge >= 0.3 is 0 Å². The number of rotatable bonds is 8. The number of carbonyl (C=O) groups is 2. The fraction of sp³-hybridized carbons (Fsp3) is 0.167. The first-order valence-corrected chi connectivity index (χ1v) is 8.54. The fourth-order valence-corrected chi connectivity index (χ4v) is 2.41. The molecule has 0 aliphatic rings. The number of amides is 2. The molecule has 0 saturated heterocycles. The molecule has 2 aromatic rings. The highest BCUT2D eigenvalue weighted by atomic mass is 35.5. The summed E-state index contributed by atoms with van der Waals surface area (Å²) >= 11 is 11.7. The van der Waals surface area contributed by atoms with Crippen LogP contribution in [-0.2, 0) is 9.59 Å². The van der Waals surface area contributed by atoms with Gasteiger partial charge in [-0.15, -0.1) is 0 Å². The van der Waals surface area contributed by atoms with Crippen LogP contribution in [0.25, 0.3) is 0 Å². The first kappa shape index (κ1) is 20.5. The Bertz CT molecular complexity index is 843. The minimum atomic E-state index is -0.487. The van der Waals surface area contributed by atoms with Crippen LogP contribution in [0.15, 0.2) is 47.6 Å². The number of para-hydroxylation sites is 1. The summed E-state index contributed by atoms with van der Waals surface area (Å²) in [5.74, 6) is -0.0206. The zero-order chi connectivity index (χ0) is 19.6. The van der Waals surface area contributed by atoms with E-state index in [4.69, 9.17) is 32.7 Å². The van der Waals surface area contributed by atoms with Crippen LogP contribution in [0.2, 0.25) is 10.0 Å². The fourth-order valence-electron chi connectivity index (χ4n) is 1.95. The third kappa shape index (κ3) is 6.80. The summed E-state index contributed by atoms with van der Waals surface area (Å²) in [7, 11) is 1.54. The Morgan fingerprint density at radius 1 is 1.11 bits per heavy atom. The van der Waals surface area contributed by atoms with Gasteiger partial charge in [0.1, 0.15) is 11.5 Å². The maximum absolute atomic E-state index is 11.7.